The van der Waals surface area contributed by atoms with E-state index in [0.29, 0.717) is 20.8 Å². The van der Waals surface area contributed by atoms with E-state index < -0.39 is 4.92 Å². The summed E-state index contributed by atoms with van der Waals surface area (Å²) in [5, 5.41) is 11.4. The van der Waals surface area contributed by atoms with Crippen molar-refractivity contribution in [3.8, 4) is 0 Å². The van der Waals surface area contributed by atoms with Crippen LogP contribution in [-0.2, 0) is 0 Å². The van der Waals surface area contributed by atoms with Crippen LogP contribution in [0.5, 0.6) is 0 Å². The number of fused-ring (bicyclic) bond motifs is 1. The molecule has 5 heteroatoms. The summed E-state index contributed by atoms with van der Waals surface area (Å²) >= 11 is 3.20. The monoisotopic (exact) mass is 295 g/mol. The smallest absolute Gasteiger partial charge is 0.235 e. The number of nitrogens with zero attached hydrogens (tertiary/aromatic N) is 1. The fourth-order valence-electron chi connectivity index (χ4n) is 1.63. The van der Waals surface area contributed by atoms with Crippen LogP contribution in [0.25, 0.3) is 16.8 Å². The predicted molar refractivity (Wildman–Crippen MR) is 67.6 cm³/mol. The van der Waals surface area contributed by atoms with Crippen molar-refractivity contribution in [2.24, 2.45) is 0 Å². The van der Waals surface area contributed by atoms with Crippen LogP contribution >= 0.6 is 15.9 Å². The van der Waals surface area contributed by atoms with Crippen molar-refractivity contribution in [1.29, 1.82) is 0 Å². The molecule has 86 valence electrons. The van der Waals surface area contributed by atoms with E-state index in [1.807, 2.05) is 0 Å². The summed E-state index contributed by atoms with van der Waals surface area (Å²) in [4.78, 5) is 9.77. The van der Waals surface area contributed by atoms with Gasteiger partial charge in [-0.3, -0.25) is 10.1 Å². The zero-order valence-electron chi connectivity index (χ0n) is 8.56. The summed E-state index contributed by atoms with van der Waals surface area (Å²) in [6.07, 6.45) is 2.19. The van der Waals surface area contributed by atoms with Gasteiger partial charge in [0.25, 0.3) is 0 Å². The highest BCUT2D eigenvalue weighted by Crippen LogP contribution is 2.29. The highest BCUT2D eigenvalue weighted by molar-refractivity contribution is 9.10. The molecular formula is C12H7BrFNO2. The molecule has 0 aliphatic carbocycles. The molecule has 0 amide bonds. The molecule has 0 fully saturated rings. The van der Waals surface area contributed by atoms with Gasteiger partial charge in [0.1, 0.15) is 5.82 Å². The fourth-order valence-corrected chi connectivity index (χ4v) is 2.17. The Hall–Kier alpha value is -1.75. The summed E-state index contributed by atoms with van der Waals surface area (Å²) in [6.45, 7) is 0. The Balaban J connectivity index is 2.73. The van der Waals surface area contributed by atoms with Crippen molar-refractivity contribution in [3.63, 3.8) is 0 Å². The third kappa shape index (κ3) is 2.34. The van der Waals surface area contributed by atoms with Gasteiger partial charge in [0.2, 0.25) is 6.20 Å². The van der Waals surface area contributed by atoms with E-state index in [1.165, 1.54) is 12.1 Å². The SMILES string of the molecule is O=[N+]([O-])/C=C/c1c(Br)cc(F)c2ccccc12. The van der Waals surface area contributed by atoms with Gasteiger partial charge in [0.05, 0.1) is 4.92 Å². The van der Waals surface area contributed by atoms with Crippen LogP contribution in [-0.4, -0.2) is 4.92 Å². The van der Waals surface area contributed by atoms with Crippen molar-refractivity contribution in [2.45, 2.75) is 0 Å². The van der Waals surface area contributed by atoms with E-state index in [0.717, 1.165) is 6.20 Å². The maximum absolute atomic E-state index is 13.6. The van der Waals surface area contributed by atoms with Gasteiger partial charge in [-0.05, 0) is 11.5 Å². The third-order valence-corrected chi connectivity index (χ3v) is 3.00. The van der Waals surface area contributed by atoms with Gasteiger partial charge < -0.3 is 0 Å². The first kappa shape index (κ1) is 11.7. The van der Waals surface area contributed by atoms with Crippen molar-refractivity contribution in [3.05, 3.63) is 62.5 Å². The highest BCUT2D eigenvalue weighted by atomic mass is 79.9. The lowest BCUT2D eigenvalue weighted by Gasteiger charge is -2.05. The van der Waals surface area contributed by atoms with Crippen LogP contribution in [0.4, 0.5) is 4.39 Å². The van der Waals surface area contributed by atoms with Gasteiger partial charge in [-0.1, -0.05) is 40.2 Å². The first-order valence-corrected chi connectivity index (χ1v) is 5.57. The van der Waals surface area contributed by atoms with E-state index in [9.17, 15) is 14.5 Å². The lowest BCUT2D eigenvalue weighted by molar-refractivity contribution is -0.400. The maximum atomic E-state index is 13.6. The number of hydrogen-bond donors (Lipinski definition) is 0. The van der Waals surface area contributed by atoms with Crippen molar-refractivity contribution in [2.75, 3.05) is 0 Å². The number of halogens is 2. The molecule has 0 unspecified atom stereocenters. The summed E-state index contributed by atoms with van der Waals surface area (Å²) < 4.78 is 14.1. The number of hydrogen-bond acceptors (Lipinski definition) is 2. The van der Waals surface area contributed by atoms with Gasteiger partial charge in [-0.25, -0.2) is 4.39 Å². The largest absolute Gasteiger partial charge is 0.259 e. The minimum atomic E-state index is -0.551. The molecule has 2 rings (SSSR count). The van der Waals surface area contributed by atoms with Crippen LogP contribution in [0, 0.1) is 15.9 Å². The van der Waals surface area contributed by atoms with Gasteiger partial charge in [0.15, 0.2) is 0 Å². The summed E-state index contributed by atoms with van der Waals surface area (Å²) in [7, 11) is 0. The minimum Gasteiger partial charge on any atom is -0.259 e. The average molecular weight is 296 g/mol. The summed E-state index contributed by atoms with van der Waals surface area (Å²) in [5.74, 6) is -0.356. The Kier molecular flexibility index (Phi) is 3.19. The second kappa shape index (κ2) is 4.63. The fraction of sp³-hybridized carbons (Fsp3) is 0. The Bertz CT molecular complexity index is 625. The minimum absolute atomic E-state index is 0.356. The molecule has 3 nitrogen and oxygen atoms in total. The molecule has 0 saturated heterocycles. The summed E-state index contributed by atoms with van der Waals surface area (Å²) in [5.41, 5.74) is 0.596. The molecule has 0 heterocycles. The van der Waals surface area contributed by atoms with E-state index in [2.05, 4.69) is 15.9 Å². The van der Waals surface area contributed by atoms with Gasteiger partial charge in [-0.2, -0.15) is 0 Å². The molecular weight excluding hydrogens is 289 g/mol. The molecule has 17 heavy (non-hydrogen) atoms. The molecule has 0 aliphatic heterocycles. The van der Waals surface area contributed by atoms with Crippen molar-refractivity contribution >= 4 is 32.8 Å². The second-order valence-electron chi connectivity index (χ2n) is 3.40. The lowest BCUT2D eigenvalue weighted by atomic mass is 10.0. The van der Waals surface area contributed by atoms with E-state index in [-0.39, 0.29) is 5.82 Å². The van der Waals surface area contributed by atoms with Gasteiger partial charge in [0, 0.05) is 21.5 Å². The molecule has 0 spiro atoms. The number of rotatable bonds is 2. The Morgan fingerprint density at radius 3 is 2.59 bits per heavy atom. The van der Waals surface area contributed by atoms with Gasteiger partial charge >= 0.3 is 0 Å². The maximum Gasteiger partial charge on any atom is 0.235 e. The molecule has 0 N–H and O–H groups in total. The van der Waals surface area contributed by atoms with E-state index in [4.69, 9.17) is 0 Å². The first-order chi connectivity index (χ1) is 8.09. The Labute approximate surface area is 105 Å². The van der Waals surface area contributed by atoms with Crippen LogP contribution in [0.3, 0.4) is 0 Å². The zero-order chi connectivity index (χ0) is 12.4. The molecule has 0 radical (unpaired) electrons. The van der Waals surface area contributed by atoms with Crippen molar-refractivity contribution < 1.29 is 9.31 Å². The molecule has 2 aromatic rings. The zero-order valence-corrected chi connectivity index (χ0v) is 10.1. The van der Waals surface area contributed by atoms with Gasteiger partial charge in [-0.15, -0.1) is 0 Å². The average Bonchev–Trinajstić information content (AvgIpc) is 2.28. The molecule has 0 aliphatic rings. The van der Waals surface area contributed by atoms with Crippen LogP contribution in [0.15, 0.2) is 41.0 Å². The third-order valence-electron chi connectivity index (χ3n) is 2.35. The number of nitro groups is 1. The van der Waals surface area contributed by atoms with E-state index >= 15 is 0 Å². The predicted octanol–water partition coefficient (Wildman–Crippen LogP) is 3.99. The van der Waals surface area contributed by atoms with E-state index in [1.54, 1.807) is 24.3 Å². The lowest BCUT2D eigenvalue weighted by Crippen LogP contribution is -1.88. The number of benzene rings is 2. The molecule has 2 aromatic carbocycles. The van der Waals surface area contributed by atoms with Crippen LogP contribution in [0.2, 0.25) is 0 Å². The second-order valence-corrected chi connectivity index (χ2v) is 4.25. The quantitative estimate of drug-likeness (QED) is 0.621. The summed E-state index contributed by atoms with van der Waals surface area (Å²) in [6, 6.07) is 8.16. The highest BCUT2D eigenvalue weighted by Gasteiger charge is 2.08. The molecule has 0 saturated carbocycles. The molecule has 0 bridgehead atoms. The molecule has 0 aromatic heterocycles. The van der Waals surface area contributed by atoms with Crippen LogP contribution in [0.1, 0.15) is 5.56 Å². The normalized spacial score (nSPS) is 11.2. The van der Waals surface area contributed by atoms with Crippen LogP contribution < -0.4 is 0 Å². The standard InChI is InChI=1S/C12H7BrFNO2/c13-11-7-12(14)10-4-2-1-3-8(10)9(11)5-6-15(16)17/h1-7H/b6-5+. The Morgan fingerprint density at radius 1 is 1.29 bits per heavy atom. The van der Waals surface area contributed by atoms with Crippen molar-refractivity contribution in [1.82, 2.24) is 0 Å². The topological polar surface area (TPSA) is 43.1 Å². The first-order valence-electron chi connectivity index (χ1n) is 4.78. The Morgan fingerprint density at radius 2 is 1.94 bits per heavy atom. The molecule has 0 atom stereocenters.